The van der Waals surface area contributed by atoms with Crippen LogP contribution in [0.1, 0.15) is 27.7 Å². The molecule has 0 heterocycles. The van der Waals surface area contributed by atoms with Crippen molar-refractivity contribution in [1.82, 2.24) is 5.32 Å². The van der Waals surface area contributed by atoms with Gasteiger partial charge in [-0.1, -0.05) is 5.92 Å². The molecule has 16 heavy (non-hydrogen) atoms. The molecule has 0 radical (unpaired) electrons. The lowest BCUT2D eigenvalue weighted by Gasteiger charge is -2.20. The van der Waals surface area contributed by atoms with Gasteiger partial charge >= 0.3 is 12.1 Å². The van der Waals surface area contributed by atoms with Gasteiger partial charge in [0.05, 0.1) is 7.11 Å². The third-order valence-corrected chi connectivity index (χ3v) is 1.39. The van der Waals surface area contributed by atoms with Crippen LogP contribution < -0.4 is 5.32 Å². The highest BCUT2D eigenvalue weighted by Gasteiger charge is 2.23. The van der Waals surface area contributed by atoms with Gasteiger partial charge in [0.25, 0.3) is 0 Å². The normalized spacial score (nSPS) is 11.8. The number of carbonyl (C=O) groups is 2. The number of ether oxygens (including phenoxy) is 2. The smallest absolute Gasteiger partial charge is 0.409 e. The van der Waals surface area contributed by atoms with Crippen LogP contribution in [-0.2, 0) is 14.3 Å². The summed E-state index contributed by atoms with van der Waals surface area (Å²) in [5, 5.41) is 2.32. The Kier molecular flexibility index (Phi) is 5.37. The van der Waals surface area contributed by atoms with Gasteiger partial charge in [-0.05, 0) is 27.7 Å². The summed E-state index contributed by atoms with van der Waals surface area (Å²) in [7, 11) is 1.23. The lowest BCUT2D eigenvalue weighted by Crippen LogP contribution is -2.43. The topological polar surface area (TPSA) is 64.6 Å². The van der Waals surface area contributed by atoms with Crippen molar-refractivity contribution in [1.29, 1.82) is 0 Å². The van der Waals surface area contributed by atoms with Crippen molar-refractivity contribution in [2.75, 3.05) is 7.11 Å². The maximum absolute atomic E-state index is 11.4. The highest BCUT2D eigenvalue weighted by atomic mass is 16.6. The van der Waals surface area contributed by atoms with Gasteiger partial charge in [0.2, 0.25) is 0 Å². The summed E-state index contributed by atoms with van der Waals surface area (Å²) in [5.41, 5.74) is -0.621. The highest BCUT2D eigenvalue weighted by molar-refractivity contribution is 5.84. The first-order valence-electron chi connectivity index (χ1n) is 4.79. The van der Waals surface area contributed by atoms with E-state index in [1.807, 2.05) is 0 Å². The van der Waals surface area contributed by atoms with Crippen molar-refractivity contribution in [3.8, 4) is 11.8 Å². The van der Waals surface area contributed by atoms with E-state index in [-0.39, 0.29) is 0 Å². The Balaban J connectivity index is 4.45. The SMILES string of the molecule is CC#CC(NC(=O)OC(C)(C)C)C(=O)OC. The van der Waals surface area contributed by atoms with Crippen LogP contribution in [0, 0.1) is 11.8 Å². The van der Waals surface area contributed by atoms with E-state index in [4.69, 9.17) is 4.74 Å². The van der Waals surface area contributed by atoms with Gasteiger partial charge in [-0.25, -0.2) is 9.59 Å². The quantitative estimate of drug-likeness (QED) is 0.566. The molecule has 0 aromatic rings. The second-order valence-corrected chi connectivity index (χ2v) is 4.00. The van der Waals surface area contributed by atoms with E-state index in [0.29, 0.717) is 0 Å². The minimum absolute atomic E-state index is 0.621. The van der Waals surface area contributed by atoms with E-state index >= 15 is 0 Å². The molecule has 0 spiro atoms. The predicted octanol–water partition coefficient (Wildman–Crippen LogP) is 1.08. The molecule has 1 unspecified atom stereocenters. The summed E-state index contributed by atoms with van der Waals surface area (Å²) in [5.74, 6) is 4.42. The van der Waals surface area contributed by atoms with Gasteiger partial charge in [-0.15, -0.1) is 5.92 Å². The van der Waals surface area contributed by atoms with Crippen LogP contribution in [0.15, 0.2) is 0 Å². The lowest BCUT2D eigenvalue weighted by molar-refractivity contribution is -0.141. The number of esters is 1. The standard InChI is InChI=1S/C11H17NO4/c1-6-7-8(9(13)15-5)12-10(14)16-11(2,3)4/h8H,1-5H3,(H,12,14). The Hall–Kier alpha value is -1.70. The minimum Gasteiger partial charge on any atom is -0.467 e. The first-order valence-corrected chi connectivity index (χ1v) is 4.79. The fourth-order valence-corrected chi connectivity index (χ4v) is 0.842. The van der Waals surface area contributed by atoms with E-state index in [1.165, 1.54) is 7.11 Å². The second kappa shape index (κ2) is 6.01. The van der Waals surface area contributed by atoms with Gasteiger partial charge in [-0.3, -0.25) is 5.32 Å². The molecule has 0 fully saturated rings. The van der Waals surface area contributed by atoms with Gasteiger partial charge in [0.1, 0.15) is 5.60 Å². The molecule has 0 bridgehead atoms. The van der Waals surface area contributed by atoms with Crippen molar-refractivity contribution in [3.05, 3.63) is 0 Å². The van der Waals surface area contributed by atoms with Crippen LogP contribution in [0.25, 0.3) is 0 Å². The summed E-state index contributed by atoms with van der Waals surface area (Å²) >= 11 is 0. The molecule has 0 aliphatic rings. The van der Waals surface area contributed by atoms with E-state index in [0.717, 1.165) is 0 Å². The molecule has 0 aromatic carbocycles. The monoisotopic (exact) mass is 227 g/mol. The molecule has 90 valence electrons. The van der Waals surface area contributed by atoms with Gasteiger partial charge in [0, 0.05) is 0 Å². The number of methoxy groups -OCH3 is 1. The molecule has 0 saturated heterocycles. The number of alkyl carbamates (subject to hydrolysis) is 1. The van der Waals surface area contributed by atoms with E-state index in [2.05, 4.69) is 21.9 Å². The molecule has 1 atom stereocenters. The van der Waals surface area contributed by atoms with E-state index < -0.39 is 23.7 Å². The maximum Gasteiger partial charge on any atom is 0.409 e. The molecular formula is C11H17NO4. The first kappa shape index (κ1) is 14.3. The summed E-state index contributed by atoms with van der Waals surface area (Å²) in [6.45, 7) is 6.74. The molecule has 0 aliphatic carbocycles. The number of hydrogen-bond donors (Lipinski definition) is 1. The zero-order valence-corrected chi connectivity index (χ0v) is 10.2. The van der Waals surface area contributed by atoms with Crippen molar-refractivity contribution in [3.63, 3.8) is 0 Å². The van der Waals surface area contributed by atoms with E-state index in [1.54, 1.807) is 27.7 Å². The summed E-state index contributed by atoms with van der Waals surface area (Å²) in [6.07, 6.45) is -0.703. The third kappa shape index (κ3) is 5.91. The minimum atomic E-state index is -0.996. The molecule has 0 aromatic heterocycles. The van der Waals surface area contributed by atoms with Crippen LogP contribution in [0.5, 0.6) is 0 Å². The molecule has 5 nitrogen and oxygen atoms in total. The first-order chi connectivity index (χ1) is 7.30. The number of amides is 1. The van der Waals surface area contributed by atoms with Crippen LogP contribution in [0.2, 0.25) is 0 Å². The zero-order valence-electron chi connectivity index (χ0n) is 10.2. The van der Waals surface area contributed by atoms with Crippen molar-refractivity contribution >= 4 is 12.1 Å². The predicted molar refractivity (Wildman–Crippen MR) is 58.6 cm³/mol. The Morgan fingerprint density at radius 1 is 1.31 bits per heavy atom. The van der Waals surface area contributed by atoms with Gasteiger partial charge in [0.15, 0.2) is 6.04 Å². The Bertz CT molecular complexity index is 319. The van der Waals surface area contributed by atoms with Crippen LogP contribution in [0.4, 0.5) is 4.79 Å². The fraction of sp³-hybridized carbons (Fsp3) is 0.636. The van der Waals surface area contributed by atoms with Crippen molar-refractivity contribution in [2.24, 2.45) is 0 Å². The van der Waals surface area contributed by atoms with Crippen LogP contribution in [-0.4, -0.2) is 30.8 Å². The van der Waals surface area contributed by atoms with Crippen LogP contribution >= 0.6 is 0 Å². The summed E-state index contributed by atoms with van der Waals surface area (Å²) in [6, 6.07) is -0.996. The van der Waals surface area contributed by atoms with Crippen molar-refractivity contribution < 1.29 is 19.1 Å². The molecule has 1 N–H and O–H groups in total. The second-order valence-electron chi connectivity index (χ2n) is 4.00. The number of nitrogens with one attached hydrogen (secondary N) is 1. The van der Waals surface area contributed by atoms with E-state index in [9.17, 15) is 9.59 Å². The maximum atomic E-state index is 11.4. The average molecular weight is 227 g/mol. The highest BCUT2D eigenvalue weighted by Crippen LogP contribution is 2.06. The number of rotatable bonds is 2. The molecular weight excluding hydrogens is 210 g/mol. The Morgan fingerprint density at radius 3 is 2.25 bits per heavy atom. The molecule has 0 saturated carbocycles. The Labute approximate surface area is 95.5 Å². The summed E-state index contributed by atoms with van der Waals surface area (Å²) < 4.78 is 9.47. The number of hydrogen-bond acceptors (Lipinski definition) is 4. The summed E-state index contributed by atoms with van der Waals surface area (Å²) in [4.78, 5) is 22.6. The average Bonchev–Trinajstić information content (AvgIpc) is 2.13. The lowest BCUT2D eigenvalue weighted by atomic mass is 10.2. The van der Waals surface area contributed by atoms with Crippen LogP contribution in [0.3, 0.4) is 0 Å². The molecule has 0 rings (SSSR count). The number of carbonyl (C=O) groups excluding carboxylic acids is 2. The Morgan fingerprint density at radius 2 is 1.88 bits per heavy atom. The van der Waals surface area contributed by atoms with Gasteiger partial charge < -0.3 is 9.47 Å². The van der Waals surface area contributed by atoms with Crippen molar-refractivity contribution in [2.45, 2.75) is 39.3 Å². The molecule has 5 heteroatoms. The third-order valence-electron chi connectivity index (χ3n) is 1.39. The van der Waals surface area contributed by atoms with Gasteiger partial charge in [-0.2, -0.15) is 0 Å². The largest absolute Gasteiger partial charge is 0.467 e. The molecule has 0 aliphatic heterocycles. The zero-order chi connectivity index (χ0) is 12.8. The molecule has 1 amide bonds. The fourth-order valence-electron chi connectivity index (χ4n) is 0.842.